The van der Waals surface area contributed by atoms with E-state index in [0.717, 1.165) is 43.5 Å². The molecule has 0 radical (unpaired) electrons. The quantitative estimate of drug-likeness (QED) is 0.768. The molecule has 0 bridgehead atoms. The number of hydrogen-bond donors (Lipinski definition) is 0. The molecule has 1 atom stereocenters. The average molecular weight is 374 g/mol. The SMILES string of the molecule is CCOCC(=O)N1CCC(C(=O)N2CCC[C@@H]2c2cccc(OC)c2)CC1. The summed E-state index contributed by atoms with van der Waals surface area (Å²) in [5.74, 6) is 1.09. The summed E-state index contributed by atoms with van der Waals surface area (Å²) in [6.45, 7) is 4.65. The van der Waals surface area contributed by atoms with Gasteiger partial charge in [0, 0.05) is 32.2 Å². The molecule has 0 spiro atoms. The minimum Gasteiger partial charge on any atom is -0.497 e. The van der Waals surface area contributed by atoms with Crippen LogP contribution < -0.4 is 4.74 Å². The van der Waals surface area contributed by atoms with Crippen molar-refractivity contribution < 1.29 is 19.1 Å². The van der Waals surface area contributed by atoms with Crippen molar-refractivity contribution in [1.29, 1.82) is 0 Å². The zero-order valence-corrected chi connectivity index (χ0v) is 16.4. The second-order valence-corrected chi connectivity index (χ2v) is 7.26. The zero-order valence-electron chi connectivity index (χ0n) is 16.4. The zero-order chi connectivity index (χ0) is 19.2. The molecule has 2 saturated heterocycles. The summed E-state index contributed by atoms with van der Waals surface area (Å²) >= 11 is 0. The highest BCUT2D eigenvalue weighted by molar-refractivity contribution is 5.81. The van der Waals surface area contributed by atoms with E-state index in [-0.39, 0.29) is 30.4 Å². The van der Waals surface area contributed by atoms with Crippen molar-refractivity contribution in [2.24, 2.45) is 5.92 Å². The number of carbonyl (C=O) groups is 2. The Kier molecular flexibility index (Phi) is 6.72. The molecule has 2 aliphatic heterocycles. The molecule has 2 heterocycles. The average Bonchev–Trinajstić information content (AvgIpc) is 3.21. The summed E-state index contributed by atoms with van der Waals surface area (Å²) in [5, 5.41) is 0. The Morgan fingerprint density at radius 1 is 1.15 bits per heavy atom. The van der Waals surface area contributed by atoms with Crippen molar-refractivity contribution in [3.8, 4) is 5.75 Å². The number of carbonyl (C=O) groups excluding carboxylic acids is 2. The molecule has 0 aromatic heterocycles. The highest BCUT2D eigenvalue weighted by atomic mass is 16.5. The smallest absolute Gasteiger partial charge is 0.248 e. The Bertz CT molecular complexity index is 655. The molecule has 27 heavy (non-hydrogen) atoms. The number of piperidine rings is 1. The summed E-state index contributed by atoms with van der Waals surface area (Å²) in [6, 6.07) is 8.15. The number of rotatable bonds is 6. The van der Waals surface area contributed by atoms with Gasteiger partial charge in [-0.3, -0.25) is 9.59 Å². The summed E-state index contributed by atoms with van der Waals surface area (Å²) in [7, 11) is 1.66. The van der Waals surface area contributed by atoms with Gasteiger partial charge in [0.1, 0.15) is 12.4 Å². The van der Waals surface area contributed by atoms with Crippen LogP contribution in [0.2, 0.25) is 0 Å². The molecule has 0 saturated carbocycles. The van der Waals surface area contributed by atoms with Crippen LogP contribution in [0, 0.1) is 5.92 Å². The van der Waals surface area contributed by atoms with E-state index in [1.54, 1.807) is 7.11 Å². The molecular weight excluding hydrogens is 344 g/mol. The van der Waals surface area contributed by atoms with Crippen LogP contribution in [0.15, 0.2) is 24.3 Å². The third-order valence-electron chi connectivity index (χ3n) is 5.64. The Labute approximate surface area is 161 Å². The van der Waals surface area contributed by atoms with Crippen LogP contribution in [0.25, 0.3) is 0 Å². The highest BCUT2D eigenvalue weighted by Crippen LogP contribution is 2.35. The van der Waals surface area contributed by atoms with Gasteiger partial charge >= 0.3 is 0 Å². The van der Waals surface area contributed by atoms with Gasteiger partial charge in [0.25, 0.3) is 0 Å². The standard InChI is InChI=1S/C21H30N2O4/c1-3-27-15-20(24)22-12-9-16(10-13-22)21(25)23-11-5-8-19(23)17-6-4-7-18(14-17)26-2/h4,6-7,14,16,19H,3,5,8-13,15H2,1-2H3/t19-/m1/s1. The van der Waals surface area contributed by atoms with Crippen molar-refractivity contribution in [3.05, 3.63) is 29.8 Å². The lowest BCUT2D eigenvalue weighted by Crippen LogP contribution is -2.45. The van der Waals surface area contributed by atoms with Gasteiger partial charge in [0.05, 0.1) is 13.2 Å². The van der Waals surface area contributed by atoms with E-state index in [9.17, 15) is 9.59 Å². The van der Waals surface area contributed by atoms with Crippen LogP contribution in [0.3, 0.4) is 0 Å². The molecular formula is C21H30N2O4. The summed E-state index contributed by atoms with van der Waals surface area (Å²) < 4.78 is 10.5. The van der Waals surface area contributed by atoms with E-state index < -0.39 is 0 Å². The van der Waals surface area contributed by atoms with Crippen LogP contribution >= 0.6 is 0 Å². The Balaban J connectivity index is 1.59. The normalized spacial score (nSPS) is 20.7. The molecule has 148 valence electrons. The number of likely N-dealkylation sites (tertiary alicyclic amines) is 2. The van der Waals surface area contributed by atoms with Gasteiger partial charge in [-0.15, -0.1) is 0 Å². The van der Waals surface area contributed by atoms with Gasteiger partial charge in [0.15, 0.2) is 0 Å². The van der Waals surface area contributed by atoms with Crippen LogP contribution in [-0.2, 0) is 14.3 Å². The first-order valence-electron chi connectivity index (χ1n) is 9.94. The fourth-order valence-corrected chi connectivity index (χ4v) is 4.12. The lowest BCUT2D eigenvalue weighted by molar-refractivity contribution is -0.143. The van der Waals surface area contributed by atoms with Crippen molar-refractivity contribution in [2.45, 2.75) is 38.6 Å². The van der Waals surface area contributed by atoms with E-state index >= 15 is 0 Å². The van der Waals surface area contributed by atoms with E-state index in [0.29, 0.717) is 19.7 Å². The lowest BCUT2D eigenvalue weighted by atomic mass is 9.94. The topological polar surface area (TPSA) is 59.1 Å². The first-order chi connectivity index (χ1) is 13.1. The Morgan fingerprint density at radius 2 is 1.93 bits per heavy atom. The van der Waals surface area contributed by atoms with Gasteiger partial charge in [-0.2, -0.15) is 0 Å². The summed E-state index contributed by atoms with van der Waals surface area (Å²) in [4.78, 5) is 29.1. The fourth-order valence-electron chi connectivity index (χ4n) is 4.12. The number of methoxy groups -OCH3 is 1. The van der Waals surface area contributed by atoms with E-state index in [1.807, 2.05) is 34.9 Å². The number of amides is 2. The van der Waals surface area contributed by atoms with E-state index in [2.05, 4.69) is 6.07 Å². The van der Waals surface area contributed by atoms with Gasteiger partial charge in [-0.1, -0.05) is 12.1 Å². The second kappa shape index (κ2) is 9.22. The minimum absolute atomic E-state index is 0.00681. The highest BCUT2D eigenvalue weighted by Gasteiger charge is 2.36. The molecule has 3 rings (SSSR count). The second-order valence-electron chi connectivity index (χ2n) is 7.26. The Morgan fingerprint density at radius 3 is 2.63 bits per heavy atom. The molecule has 1 aromatic carbocycles. The predicted octanol–water partition coefficient (Wildman–Crippen LogP) is 2.63. The molecule has 2 fully saturated rings. The number of ether oxygens (including phenoxy) is 2. The van der Waals surface area contributed by atoms with Crippen LogP contribution in [0.1, 0.15) is 44.2 Å². The largest absolute Gasteiger partial charge is 0.497 e. The molecule has 6 heteroatoms. The monoisotopic (exact) mass is 374 g/mol. The molecule has 2 aliphatic rings. The summed E-state index contributed by atoms with van der Waals surface area (Å²) in [6.07, 6.45) is 3.49. The van der Waals surface area contributed by atoms with Crippen molar-refractivity contribution in [3.63, 3.8) is 0 Å². The maximum atomic E-state index is 13.2. The predicted molar refractivity (Wildman–Crippen MR) is 102 cm³/mol. The van der Waals surface area contributed by atoms with Crippen LogP contribution in [0.4, 0.5) is 0 Å². The van der Waals surface area contributed by atoms with E-state index in [4.69, 9.17) is 9.47 Å². The maximum Gasteiger partial charge on any atom is 0.248 e. The van der Waals surface area contributed by atoms with Gasteiger partial charge in [0.2, 0.25) is 11.8 Å². The van der Waals surface area contributed by atoms with Crippen molar-refractivity contribution >= 4 is 11.8 Å². The fraction of sp³-hybridized carbons (Fsp3) is 0.619. The van der Waals surface area contributed by atoms with Gasteiger partial charge in [-0.05, 0) is 50.3 Å². The lowest BCUT2D eigenvalue weighted by Gasteiger charge is -2.35. The first-order valence-corrected chi connectivity index (χ1v) is 9.94. The van der Waals surface area contributed by atoms with Crippen molar-refractivity contribution in [1.82, 2.24) is 9.80 Å². The number of nitrogens with zero attached hydrogens (tertiary/aromatic N) is 2. The number of hydrogen-bond acceptors (Lipinski definition) is 4. The van der Waals surface area contributed by atoms with Gasteiger partial charge < -0.3 is 19.3 Å². The Hall–Kier alpha value is -2.08. The van der Waals surface area contributed by atoms with Crippen molar-refractivity contribution in [2.75, 3.05) is 40.0 Å². The third-order valence-corrected chi connectivity index (χ3v) is 5.64. The molecule has 0 N–H and O–H groups in total. The van der Waals surface area contributed by atoms with E-state index in [1.165, 1.54) is 0 Å². The molecule has 1 aromatic rings. The maximum absolute atomic E-state index is 13.2. The molecule has 2 amide bonds. The molecule has 6 nitrogen and oxygen atoms in total. The molecule has 0 unspecified atom stereocenters. The number of benzene rings is 1. The molecule has 0 aliphatic carbocycles. The van der Waals surface area contributed by atoms with Crippen LogP contribution in [0.5, 0.6) is 5.75 Å². The minimum atomic E-state index is 0.00681. The van der Waals surface area contributed by atoms with Crippen LogP contribution in [-0.4, -0.2) is 61.6 Å². The third kappa shape index (κ3) is 4.61. The first kappa shape index (κ1) is 19.7. The summed E-state index contributed by atoms with van der Waals surface area (Å²) in [5.41, 5.74) is 1.14. The van der Waals surface area contributed by atoms with Gasteiger partial charge in [-0.25, -0.2) is 0 Å².